The second-order valence-corrected chi connectivity index (χ2v) is 5.45. The first kappa shape index (κ1) is 13.4. The van der Waals surface area contributed by atoms with Crippen LogP contribution in [0.2, 0.25) is 0 Å². The first-order chi connectivity index (χ1) is 9.99. The Balaban J connectivity index is 1.82. The molecular formula is C14H16N4O3. The van der Waals surface area contributed by atoms with Crippen LogP contribution < -0.4 is 5.56 Å². The third-order valence-corrected chi connectivity index (χ3v) is 3.79. The maximum Gasteiger partial charge on any atom is 0.272 e. The van der Waals surface area contributed by atoms with Crippen LogP contribution in [-0.4, -0.2) is 59.0 Å². The predicted molar refractivity (Wildman–Crippen MR) is 77.0 cm³/mol. The second-order valence-electron chi connectivity index (χ2n) is 5.45. The van der Waals surface area contributed by atoms with Crippen molar-refractivity contribution < 1.29 is 9.59 Å². The van der Waals surface area contributed by atoms with E-state index in [1.807, 2.05) is 0 Å². The van der Waals surface area contributed by atoms with Gasteiger partial charge in [-0.1, -0.05) is 6.07 Å². The normalized spacial score (nSPS) is 15.0. The zero-order valence-electron chi connectivity index (χ0n) is 11.8. The summed E-state index contributed by atoms with van der Waals surface area (Å²) in [5.41, 5.74) is 0.661. The van der Waals surface area contributed by atoms with E-state index < -0.39 is 0 Å². The van der Waals surface area contributed by atoms with Gasteiger partial charge in [-0.25, -0.2) is 0 Å². The Kier molecular flexibility index (Phi) is 3.04. The third kappa shape index (κ3) is 2.10. The van der Waals surface area contributed by atoms with Crippen LogP contribution in [-0.2, 0) is 4.79 Å². The van der Waals surface area contributed by atoms with Crippen molar-refractivity contribution in [3.63, 3.8) is 0 Å². The van der Waals surface area contributed by atoms with Crippen LogP contribution in [0.4, 0.5) is 0 Å². The highest BCUT2D eigenvalue weighted by Crippen LogP contribution is 2.22. The maximum absolute atomic E-state index is 12.5. The maximum atomic E-state index is 12.5. The van der Waals surface area contributed by atoms with Crippen molar-refractivity contribution >= 4 is 22.7 Å². The Morgan fingerprint density at radius 2 is 1.95 bits per heavy atom. The Hall–Kier alpha value is -2.57. The molecule has 2 amide bonds. The van der Waals surface area contributed by atoms with Crippen molar-refractivity contribution in [3.05, 3.63) is 34.1 Å². The fourth-order valence-electron chi connectivity index (χ4n) is 2.60. The lowest BCUT2D eigenvalue weighted by Crippen LogP contribution is -2.55. The number of hydrogen-bond donors (Lipinski definition) is 2. The van der Waals surface area contributed by atoms with Crippen LogP contribution in [0.1, 0.15) is 10.4 Å². The van der Waals surface area contributed by atoms with Gasteiger partial charge in [-0.2, -0.15) is 0 Å². The standard InChI is InChI=1S/C14H16N4O3/c1-17(2)13(20)8-6-18(7-8)14(21)9-4-3-5-10-11(9)12(19)16-15-10/h3-5,8H,6-7H2,1-2H3,(H2,15,16,19). The highest BCUT2D eigenvalue weighted by atomic mass is 16.2. The van der Waals surface area contributed by atoms with Gasteiger partial charge in [-0.3, -0.25) is 24.6 Å². The molecule has 1 saturated heterocycles. The molecule has 2 N–H and O–H groups in total. The van der Waals surface area contributed by atoms with Gasteiger partial charge < -0.3 is 9.80 Å². The summed E-state index contributed by atoms with van der Waals surface area (Å²) in [5, 5.41) is 5.57. The summed E-state index contributed by atoms with van der Waals surface area (Å²) in [4.78, 5) is 39.1. The van der Waals surface area contributed by atoms with Crippen molar-refractivity contribution in [1.29, 1.82) is 0 Å². The van der Waals surface area contributed by atoms with E-state index in [-0.39, 0.29) is 23.3 Å². The van der Waals surface area contributed by atoms with Gasteiger partial charge in [0.05, 0.1) is 22.4 Å². The van der Waals surface area contributed by atoms with E-state index in [9.17, 15) is 14.4 Å². The molecule has 0 spiro atoms. The fraction of sp³-hybridized carbons (Fsp3) is 0.357. The molecule has 0 bridgehead atoms. The Bertz CT molecular complexity index is 768. The highest BCUT2D eigenvalue weighted by Gasteiger charge is 2.37. The highest BCUT2D eigenvalue weighted by molar-refractivity contribution is 6.06. The molecule has 2 aromatic rings. The molecule has 0 radical (unpaired) electrons. The number of nitrogens with one attached hydrogen (secondary N) is 2. The summed E-state index contributed by atoms with van der Waals surface area (Å²) in [7, 11) is 3.40. The topological polar surface area (TPSA) is 89.3 Å². The van der Waals surface area contributed by atoms with E-state index in [1.54, 1.807) is 37.2 Å². The van der Waals surface area contributed by atoms with Crippen LogP contribution in [0.25, 0.3) is 10.9 Å². The molecule has 1 aliphatic rings. The molecule has 2 heterocycles. The van der Waals surface area contributed by atoms with Gasteiger partial charge in [0, 0.05) is 27.2 Å². The minimum Gasteiger partial charge on any atom is -0.348 e. The van der Waals surface area contributed by atoms with Crippen LogP contribution in [0.5, 0.6) is 0 Å². The van der Waals surface area contributed by atoms with E-state index in [0.717, 1.165) is 0 Å². The number of amides is 2. The molecule has 7 heteroatoms. The van der Waals surface area contributed by atoms with Crippen molar-refractivity contribution in [2.45, 2.75) is 0 Å². The smallest absolute Gasteiger partial charge is 0.272 e. The first-order valence-electron chi connectivity index (χ1n) is 6.69. The number of likely N-dealkylation sites (tertiary alicyclic amines) is 1. The number of aromatic nitrogens is 2. The zero-order chi connectivity index (χ0) is 15.1. The number of nitrogens with zero attached hydrogens (tertiary/aromatic N) is 2. The van der Waals surface area contributed by atoms with E-state index >= 15 is 0 Å². The first-order valence-corrected chi connectivity index (χ1v) is 6.69. The van der Waals surface area contributed by atoms with Gasteiger partial charge in [0.15, 0.2) is 0 Å². The molecule has 0 unspecified atom stereocenters. The quantitative estimate of drug-likeness (QED) is 0.816. The zero-order valence-corrected chi connectivity index (χ0v) is 11.8. The van der Waals surface area contributed by atoms with Crippen molar-refractivity contribution in [2.75, 3.05) is 27.2 Å². The molecular weight excluding hydrogens is 272 g/mol. The number of fused-ring (bicyclic) bond motifs is 1. The average Bonchev–Trinajstić information content (AvgIpc) is 2.78. The molecule has 1 fully saturated rings. The lowest BCUT2D eigenvalue weighted by atomic mass is 9.97. The Morgan fingerprint density at radius 3 is 2.62 bits per heavy atom. The number of carbonyl (C=O) groups excluding carboxylic acids is 2. The summed E-state index contributed by atoms with van der Waals surface area (Å²) in [6, 6.07) is 5.09. The van der Waals surface area contributed by atoms with E-state index in [0.29, 0.717) is 29.6 Å². The number of hydrogen-bond acceptors (Lipinski definition) is 3. The molecule has 3 rings (SSSR count). The number of benzene rings is 1. The summed E-state index contributed by atoms with van der Waals surface area (Å²) in [5.74, 6) is -0.335. The second kappa shape index (κ2) is 4.76. The van der Waals surface area contributed by atoms with Crippen LogP contribution in [0, 0.1) is 5.92 Å². The van der Waals surface area contributed by atoms with Gasteiger partial charge in [-0.15, -0.1) is 0 Å². The molecule has 0 aliphatic carbocycles. The van der Waals surface area contributed by atoms with Crippen molar-refractivity contribution in [1.82, 2.24) is 20.0 Å². The predicted octanol–water partition coefficient (Wildman–Crippen LogP) is 0.0164. The van der Waals surface area contributed by atoms with Gasteiger partial charge in [0.1, 0.15) is 0 Å². The monoisotopic (exact) mass is 288 g/mol. The fourth-order valence-corrected chi connectivity index (χ4v) is 2.60. The lowest BCUT2D eigenvalue weighted by molar-refractivity contribution is -0.137. The van der Waals surface area contributed by atoms with Gasteiger partial charge >= 0.3 is 0 Å². The van der Waals surface area contributed by atoms with E-state index in [1.165, 1.54) is 4.90 Å². The third-order valence-electron chi connectivity index (χ3n) is 3.79. The van der Waals surface area contributed by atoms with Crippen molar-refractivity contribution in [3.8, 4) is 0 Å². The van der Waals surface area contributed by atoms with E-state index in [4.69, 9.17) is 0 Å². The van der Waals surface area contributed by atoms with Gasteiger partial charge in [0.25, 0.3) is 11.5 Å². The van der Waals surface area contributed by atoms with Gasteiger partial charge in [-0.05, 0) is 12.1 Å². The van der Waals surface area contributed by atoms with Crippen LogP contribution in [0.3, 0.4) is 0 Å². The van der Waals surface area contributed by atoms with E-state index in [2.05, 4.69) is 10.2 Å². The number of carbonyl (C=O) groups is 2. The molecule has 0 atom stereocenters. The number of aromatic amines is 2. The minimum atomic E-state index is -0.310. The molecule has 110 valence electrons. The molecule has 21 heavy (non-hydrogen) atoms. The van der Waals surface area contributed by atoms with Crippen LogP contribution in [0.15, 0.2) is 23.0 Å². The SMILES string of the molecule is CN(C)C(=O)C1CN(C(=O)c2cccc3[nH][nH]c(=O)c23)C1. The summed E-state index contributed by atoms with van der Waals surface area (Å²) in [6.07, 6.45) is 0. The summed E-state index contributed by atoms with van der Waals surface area (Å²) >= 11 is 0. The van der Waals surface area contributed by atoms with Gasteiger partial charge in [0.2, 0.25) is 5.91 Å². The molecule has 0 saturated carbocycles. The number of H-pyrrole nitrogens is 2. The summed E-state index contributed by atoms with van der Waals surface area (Å²) in [6.45, 7) is 0.795. The molecule has 1 aromatic carbocycles. The Labute approximate surface area is 120 Å². The molecule has 1 aliphatic heterocycles. The van der Waals surface area contributed by atoms with Crippen molar-refractivity contribution in [2.24, 2.45) is 5.92 Å². The lowest BCUT2D eigenvalue weighted by Gasteiger charge is -2.39. The molecule has 1 aromatic heterocycles. The minimum absolute atomic E-state index is 0.0248. The van der Waals surface area contributed by atoms with Crippen LogP contribution >= 0.6 is 0 Å². The summed E-state index contributed by atoms with van der Waals surface area (Å²) < 4.78 is 0. The number of rotatable bonds is 2. The average molecular weight is 288 g/mol. The largest absolute Gasteiger partial charge is 0.348 e. The Morgan fingerprint density at radius 1 is 1.24 bits per heavy atom. The molecule has 7 nitrogen and oxygen atoms in total.